The maximum absolute atomic E-state index is 13.6. The van der Waals surface area contributed by atoms with Crippen LogP contribution in [0.4, 0.5) is 5.13 Å². The van der Waals surface area contributed by atoms with Gasteiger partial charge in [0, 0.05) is 24.6 Å². The fourth-order valence-corrected chi connectivity index (χ4v) is 4.91. The van der Waals surface area contributed by atoms with Gasteiger partial charge in [-0.25, -0.2) is 4.98 Å². The van der Waals surface area contributed by atoms with Gasteiger partial charge in [-0.2, -0.15) is 0 Å². The largest absolute Gasteiger partial charge is 0.376 e. The number of thiazole rings is 1. The Morgan fingerprint density at radius 2 is 2.07 bits per heavy atom. The smallest absolute Gasteiger partial charge is 0.260 e. The number of ether oxygens (including phenoxy) is 1. The van der Waals surface area contributed by atoms with Crippen molar-refractivity contribution in [2.75, 3.05) is 18.1 Å². The highest BCUT2D eigenvalue weighted by Crippen LogP contribution is 2.33. The summed E-state index contributed by atoms with van der Waals surface area (Å²) in [5.74, 6) is -0.0878. The minimum Gasteiger partial charge on any atom is -0.376 e. The molecular formula is C23H22N4O2S. The number of anilines is 1. The molecule has 0 saturated carbocycles. The molecule has 0 N–H and O–H groups in total. The molecule has 1 amide bonds. The Hall–Kier alpha value is -2.90. The van der Waals surface area contributed by atoms with E-state index in [0.29, 0.717) is 22.8 Å². The van der Waals surface area contributed by atoms with Crippen LogP contribution < -0.4 is 4.90 Å². The van der Waals surface area contributed by atoms with E-state index < -0.39 is 0 Å². The molecule has 2 aromatic heterocycles. The number of fused-ring (bicyclic) bond motifs is 2. The average Bonchev–Trinajstić information content (AvgIpc) is 3.46. The van der Waals surface area contributed by atoms with E-state index in [1.165, 1.54) is 5.56 Å². The van der Waals surface area contributed by atoms with Crippen molar-refractivity contribution < 1.29 is 9.53 Å². The van der Waals surface area contributed by atoms with Gasteiger partial charge < -0.3 is 4.74 Å². The number of para-hydroxylation sites is 1. The number of benzene rings is 2. The Morgan fingerprint density at radius 1 is 1.20 bits per heavy atom. The molecular weight excluding hydrogens is 396 g/mol. The molecule has 152 valence electrons. The molecule has 1 fully saturated rings. The summed E-state index contributed by atoms with van der Waals surface area (Å²) >= 11 is 1.56. The van der Waals surface area contributed by atoms with Crippen LogP contribution in [0.2, 0.25) is 0 Å². The third-order valence-corrected chi connectivity index (χ3v) is 6.52. The lowest BCUT2D eigenvalue weighted by Crippen LogP contribution is -2.37. The molecule has 5 rings (SSSR count). The van der Waals surface area contributed by atoms with Crippen molar-refractivity contribution in [1.29, 1.82) is 0 Å². The van der Waals surface area contributed by atoms with Crippen LogP contribution in [0.3, 0.4) is 0 Å². The molecule has 3 heterocycles. The number of carbonyl (C=O) groups excluding carboxylic acids is 1. The van der Waals surface area contributed by atoms with Gasteiger partial charge in [0.25, 0.3) is 5.91 Å². The van der Waals surface area contributed by atoms with Gasteiger partial charge in [-0.05, 0) is 49.1 Å². The second-order valence-electron chi connectivity index (χ2n) is 7.42. The van der Waals surface area contributed by atoms with Crippen LogP contribution >= 0.6 is 11.3 Å². The number of amides is 1. The number of rotatable bonds is 5. The monoisotopic (exact) mass is 418 g/mol. The van der Waals surface area contributed by atoms with Crippen molar-refractivity contribution in [3.05, 3.63) is 59.9 Å². The molecule has 1 aliphatic rings. The van der Waals surface area contributed by atoms with Gasteiger partial charge in [0.2, 0.25) is 0 Å². The molecule has 0 bridgehead atoms. The number of nitrogens with zero attached hydrogens (tertiary/aromatic N) is 4. The van der Waals surface area contributed by atoms with E-state index in [1.54, 1.807) is 34.7 Å². The number of hydrogen-bond donors (Lipinski definition) is 0. The molecule has 6 nitrogen and oxygen atoms in total. The van der Waals surface area contributed by atoms with Crippen molar-refractivity contribution in [3.8, 4) is 0 Å². The Kier molecular flexibility index (Phi) is 5.14. The van der Waals surface area contributed by atoms with Gasteiger partial charge in [-0.15, -0.1) is 0 Å². The summed E-state index contributed by atoms with van der Waals surface area (Å²) in [7, 11) is 0. The molecule has 0 radical (unpaired) electrons. The van der Waals surface area contributed by atoms with E-state index in [1.807, 2.05) is 12.1 Å². The van der Waals surface area contributed by atoms with E-state index in [4.69, 9.17) is 9.72 Å². The minimum atomic E-state index is -0.0878. The lowest BCUT2D eigenvalue weighted by Gasteiger charge is -2.23. The summed E-state index contributed by atoms with van der Waals surface area (Å²) in [6, 6.07) is 11.7. The molecule has 1 aliphatic heterocycles. The predicted octanol–water partition coefficient (Wildman–Crippen LogP) is 4.63. The Balaban J connectivity index is 1.56. The lowest BCUT2D eigenvalue weighted by molar-refractivity contribution is 0.0917. The zero-order chi connectivity index (χ0) is 20.5. The number of aryl methyl sites for hydroxylation is 1. The van der Waals surface area contributed by atoms with Crippen LogP contribution in [0, 0.1) is 0 Å². The van der Waals surface area contributed by atoms with E-state index in [0.717, 1.165) is 41.6 Å². The van der Waals surface area contributed by atoms with Crippen LogP contribution in [0.1, 0.15) is 35.7 Å². The molecule has 7 heteroatoms. The van der Waals surface area contributed by atoms with Crippen molar-refractivity contribution >= 4 is 43.6 Å². The van der Waals surface area contributed by atoms with Gasteiger partial charge in [0.1, 0.15) is 0 Å². The number of hydrogen-bond acceptors (Lipinski definition) is 6. The maximum atomic E-state index is 13.6. The Labute approximate surface area is 178 Å². The van der Waals surface area contributed by atoms with Crippen LogP contribution in [0.25, 0.3) is 21.3 Å². The summed E-state index contributed by atoms with van der Waals surface area (Å²) < 4.78 is 6.94. The fraction of sp³-hybridized carbons (Fsp3) is 0.304. The van der Waals surface area contributed by atoms with Crippen molar-refractivity contribution in [2.24, 2.45) is 0 Å². The molecule has 0 aliphatic carbocycles. The van der Waals surface area contributed by atoms with Crippen LogP contribution in [0.5, 0.6) is 0 Å². The second-order valence-corrected chi connectivity index (χ2v) is 8.43. The van der Waals surface area contributed by atoms with Crippen molar-refractivity contribution in [1.82, 2.24) is 15.0 Å². The molecule has 1 unspecified atom stereocenters. The summed E-state index contributed by atoms with van der Waals surface area (Å²) in [6.07, 6.45) is 6.21. The second kappa shape index (κ2) is 8.08. The molecule has 1 saturated heterocycles. The first-order valence-corrected chi connectivity index (χ1v) is 11.1. The molecule has 30 heavy (non-hydrogen) atoms. The summed E-state index contributed by atoms with van der Waals surface area (Å²) in [4.78, 5) is 28.9. The zero-order valence-corrected chi connectivity index (χ0v) is 17.6. The maximum Gasteiger partial charge on any atom is 0.260 e. The quantitative estimate of drug-likeness (QED) is 0.473. The van der Waals surface area contributed by atoms with E-state index in [2.05, 4.69) is 35.1 Å². The molecule has 2 aromatic carbocycles. The predicted molar refractivity (Wildman–Crippen MR) is 119 cm³/mol. The van der Waals surface area contributed by atoms with Gasteiger partial charge in [0.05, 0.1) is 33.9 Å². The summed E-state index contributed by atoms with van der Waals surface area (Å²) in [5.41, 5.74) is 4.23. The highest BCUT2D eigenvalue weighted by molar-refractivity contribution is 7.22. The summed E-state index contributed by atoms with van der Waals surface area (Å²) in [6.45, 7) is 3.37. The highest BCUT2D eigenvalue weighted by Gasteiger charge is 2.27. The number of aromatic nitrogens is 3. The minimum absolute atomic E-state index is 0.0341. The third kappa shape index (κ3) is 3.55. The first-order valence-electron chi connectivity index (χ1n) is 10.3. The summed E-state index contributed by atoms with van der Waals surface area (Å²) in [5, 5.41) is 0.714. The Morgan fingerprint density at radius 3 is 2.87 bits per heavy atom. The SMILES string of the molecule is CCc1cccc2sc(N(CC3CCCO3)C(=O)c3ccc4nccnc4c3)nc12. The van der Waals surface area contributed by atoms with Crippen molar-refractivity contribution in [2.45, 2.75) is 32.3 Å². The lowest BCUT2D eigenvalue weighted by atomic mass is 10.1. The third-order valence-electron chi connectivity index (χ3n) is 5.47. The molecule has 4 aromatic rings. The normalized spacial score (nSPS) is 16.4. The van der Waals surface area contributed by atoms with E-state index in [9.17, 15) is 4.79 Å². The van der Waals surface area contributed by atoms with E-state index in [-0.39, 0.29) is 12.0 Å². The Bertz CT molecular complexity index is 1220. The number of carbonyl (C=O) groups is 1. The van der Waals surface area contributed by atoms with Gasteiger partial charge in [-0.1, -0.05) is 30.4 Å². The van der Waals surface area contributed by atoms with Gasteiger partial charge >= 0.3 is 0 Å². The molecule has 0 spiro atoms. The van der Waals surface area contributed by atoms with Gasteiger partial charge in [-0.3, -0.25) is 19.7 Å². The first kappa shape index (κ1) is 19.1. The average molecular weight is 419 g/mol. The first-order chi connectivity index (χ1) is 14.7. The molecule has 1 atom stereocenters. The van der Waals surface area contributed by atoms with Crippen molar-refractivity contribution in [3.63, 3.8) is 0 Å². The van der Waals surface area contributed by atoms with Gasteiger partial charge in [0.15, 0.2) is 5.13 Å². The van der Waals surface area contributed by atoms with Crippen LogP contribution in [0.15, 0.2) is 48.8 Å². The van der Waals surface area contributed by atoms with E-state index >= 15 is 0 Å². The topological polar surface area (TPSA) is 68.2 Å². The fourth-order valence-electron chi connectivity index (χ4n) is 3.89. The zero-order valence-electron chi connectivity index (χ0n) is 16.7. The highest BCUT2D eigenvalue weighted by atomic mass is 32.1. The van der Waals surface area contributed by atoms with Crippen LogP contribution in [-0.2, 0) is 11.2 Å². The van der Waals surface area contributed by atoms with Crippen LogP contribution in [-0.4, -0.2) is 40.1 Å². The standard InChI is InChI=1S/C23H22N4O2S/c1-2-15-5-3-7-20-21(15)26-23(30-20)27(14-17-6-4-12-29-17)22(28)16-8-9-18-19(13-16)25-11-10-24-18/h3,5,7-11,13,17H,2,4,6,12,14H2,1H3.